The number of anilines is 2. The van der Waals surface area contributed by atoms with E-state index in [9.17, 15) is 13.8 Å². The Kier molecular flexibility index (Phi) is 7.14. The second-order valence-electron chi connectivity index (χ2n) is 6.98. The van der Waals surface area contributed by atoms with Crippen LogP contribution < -0.4 is 10.6 Å². The Hall–Kier alpha value is -3.25. The van der Waals surface area contributed by atoms with Gasteiger partial charge in [0, 0.05) is 27.7 Å². The summed E-state index contributed by atoms with van der Waals surface area (Å²) in [6, 6.07) is 22.8. The monoisotopic (exact) mass is 420 g/mol. The molecule has 0 aliphatic rings. The minimum atomic E-state index is -1.61. The van der Waals surface area contributed by atoms with Gasteiger partial charge in [-0.1, -0.05) is 60.7 Å². The van der Waals surface area contributed by atoms with Crippen LogP contribution >= 0.6 is 0 Å². The van der Waals surface area contributed by atoms with E-state index in [2.05, 4.69) is 10.6 Å². The number of hydrogen-bond donors (Lipinski definition) is 2. The highest BCUT2D eigenvalue weighted by Gasteiger charge is 2.15. The van der Waals surface area contributed by atoms with Crippen LogP contribution in [0.25, 0.3) is 11.1 Å². The van der Waals surface area contributed by atoms with Gasteiger partial charge in [-0.2, -0.15) is 0 Å². The quantitative estimate of drug-likeness (QED) is 0.599. The van der Waals surface area contributed by atoms with Crippen molar-refractivity contribution in [2.45, 2.75) is 13.8 Å². The summed E-state index contributed by atoms with van der Waals surface area (Å²) < 4.78 is 12.3. The van der Waals surface area contributed by atoms with Gasteiger partial charge in [0.25, 0.3) is 0 Å². The molecule has 0 bridgehead atoms. The fraction of sp³-hybridized carbons (Fsp3) is 0.167. The highest BCUT2D eigenvalue weighted by Crippen LogP contribution is 2.27. The third-order valence-corrected chi connectivity index (χ3v) is 5.92. The van der Waals surface area contributed by atoms with E-state index in [1.807, 2.05) is 74.5 Å². The lowest BCUT2D eigenvalue weighted by molar-refractivity contribution is -0.114. The molecule has 0 aliphatic heterocycles. The second kappa shape index (κ2) is 9.98. The zero-order valence-electron chi connectivity index (χ0n) is 17.0. The topological polar surface area (TPSA) is 75.3 Å². The van der Waals surface area contributed by atoms with Crippen molar-refractivity contribution in [2.24, 2.45) is 0 Å². The summed E-state index contributed by atoms with van der Waals surface area (Å²) in [5.74, 6) is -1.25. The molecular weight excluding hydrogens is 396 g/mol. The number of amides is 2. The van der Waals surface area contributed by atoms with Gasteiger partial charge in [0.05, 0.1) is 0 Å². The molecule has 3 rings (SSSR count). The number of rotatable bonds is 7. The van der Waals surface area contributed by atoms with Crippen LogP contribution in [-0.4, -0.2) is 27.5 Å². The molecule has 30 heavy (non-hydrogen) atoms. The molecule has 0 unspecified atom stereocenters. The van der Waals surface area contributed by atoms with Crippen molar-refractivity contribution < 1.29 is 13.8 Å². The Morgan fingerprint density at radius 3 is 2.00 bits per heavy atom. The standard InChI is InChI=1S/C24H24N2O3S/c1-17-9-8-14-21(18(17)2)25-23(27)15-30(29)16-24(28)26-22-13-7-6-12-20(22)19-10-4-3-5-11-19/h3-14H,15-16H2,1-2H3,(H,25,27)(H,26,28)/t30-/m0/s1. The van der Waals surface area contributed by atoms with Gasteiger partial charge >= 0.3 is 0 Å². The molecule has 5 nitrogen and oxygen atoms in total. The van der Waals surface area contributed by atoms with Crippen molar-refractivity contribution in [3.8, 4) is 11.1 Å². The summed E-state index contributed by atoms with van der Waals surface area (Å²) in [4.78, 5) is 24.6. The predicted molar refractivity (Wildman–Crippen MR) is 123 cm³/mol. The van der Waals surface area contributed by atoms with Crippen LogP contribution in [0.4, 0.5) is 11.4 Å². The van der Waals surface area contributed by atoms with Gasteiger partial charge in [0.15, 0.2) is 0 Å². The molecule has 6 heteroatoms. The van der Waals surface area contributed by atoms with Crippen molar-refractivity contribution in [1.82, 2.24) is 0 Å². The van der Waals surface area contributed by atoms with E-state index in [1.54, 1.807) is 12.1 Å². The number of benzene rings is 3. The van der Waals surface area contributed by atoms with Crippen molar-refractivity contribution in [3.63, 3.8) is 0 Å². The molecule has 0 fully saturated rings. The lowest BCUT2D eigenvalue weighted by Crippen LogP contribution is -2.26. The Morgan fingerprint density at radius 2 is 1.30 bits per heavy atom. The van der Waals surface area contributed by atoms with Gasteiger partial charge in [-0.05, 0) is 42.7 Å². The largest absolute Gasteiger partial charge is 0.325 e. The molecule has 0 aliphatic carbocycles. The summed E-state index contributed by atoms with van der Waals surface area (Å²) >= 11 is 0. The first-order valence-corrected chi connectivity index (χ1v) is 11.1. The first-order chi connectivity index (χ1) is 14.4. The zero-order valence-corrected chi connectivity index (χ0v) is 17.8. The number of carbonyl (C=O) groups excluding carboxylic acids is 2. The van der Waals surface area contributed by atoms with E-state index in [1.165, 1.54) is 0 Å². The average molecular weight is 421 g/mol. The van der Waals surface area contributed by atoms with Crippen molar-refractivity contribution in [3.05, 3.63) is 83.9 Å². The van der Waals surface area contributed by atoms with Gasteiger partial charge in [-0.3, -0.25) is 13.8 Å². The van der Waals surface area contributed by atoms with E-state index in [4.69, 9.17) is 0 Å². The van der Waals surface area contributed by atoms with Crippen LogP contribution in [0.3, 0.4) is 0 Å². The first-order valence-electron chi connectivity index (χ1n) is 9.59. The summed E-state index contributed by atoms with van der Waals surface area (Å²) in [5, 5.41) is 5.59. The Morgan fingerprint density at radius 1 is 0.733 bits per heavy atom. The number of para-hydroxylation sites is 1. The molecule has 3 aromatic carbocycles. The number of hydrogen-bond acceptors (Lipinski definition) is 3. The zero-order chi connectivity index (χ0) is 21.5. The number of nitrogens with one attached hydrogen (secondary N) is 2. The van der Waals surface area contributed by atoms with E-state index in [0.717, 1.165) is 22.3 Å². The maximum absolute atomic E-state index is 12.4. The molecule has 0 aromatic heterocycles. The average Bonchev–Trinajstić information content (AvgIpc) is 2.72. The van der Waals surface area contributed by atoms with Crippen LogP contribution in [-0.2, 0) is 20.4 Å². The fourth-order valence-corrected chi connectivity index (χ4v) is 3.90. The van der Waals surface area contributed by atoms with Gasteiger partial charge < -0.3 is 10.6 Å². The predicted octanol–water partition coefficient (Wildman–Crippen LogP) is 4.30. The molecule has 3 aromatic rings. The van der Waals surface area contributed by atoms with Crippen LogP contribution in [0.1, 0.15) is 11.1 Å². The first kappa shape index (κ1) is 21.5. The molecule has 0 heterocycles. The summed E-state index contributed by atoms with van der Waals surface area (Å²) in [6.07, 6.45) is 0. The molecular formula is C24H24N2O3S. The molecule has 0 spiro atoms. The van der Waals surface area contributed by atoms with E-state index >= 15 is 0 Å². The van der Waals surface area contributed by atoms with Crippen LogP contribution in [0.2, 0.25) is 0 Å². The van der Waals surface area contributed by atoms with E-state index in [-0.39, 0.29) is 17.4 Å². The Labute approximate surface area is 179 Å². The SMILES string of the molecule is Cc1cccc(NC(=O)C[S@](=O)CC(=O)Nc2ccccc2-c2ccccc2)c1C. The highest BCUT2D eigenvalue weighted by atomic mass is 32.2. The molecule has 1 atom stereocenters. The normalized spacial score (nSPS) is 11.5. The van der Waals surface area contributed by atoms with Gasteiger partial charge in [-0.15, -0.1) is 0 Å². The van der Waals surface area contributed by atoms with Crippen LogP contribution in [0, 0.1) is 13.8 Å². The maximum atomic E-state index is 12.4. The van der Waals surface area contributed by atoms with Gasteiger partial charge in [-0.25, -0.2) is 0 Å². The van der Waals surface area contributed by atoms with E-state index in [0.29, 0.717) is 11.4 Å². The Balaban J connectivity index is 1.58. The molecule has 2 N–H and O–H groups in total. The Bertz CT molecular complexity index is 1080. The third kappa shape index (κ3) is 5.64. The third-order valence-electron chi connectivity index (χ3n) is 4.75. The minimum Gasteiger partial charge on any atom is -0.325 e. The smallest absolute Gasteiger partial charge is 0.237 e. The highest BCUT2D eigenvalue weighted by molar-refractivity contribution is 7.86. The van der Waals surface area contributed by atoms with Crippen molar-refractivity contribution >= 4 is 34.0 Å². The molecule has 0 radical (unpaired) electrons. The molecule has 154 valence electrons. The van der Waals surface area contributed by atoms with Crippen molar-refractivity contribution in [1.29, 1.82) is 0 Å². The van der Waals surface area contributed by atoms with Gasteiger partial charge in [0.1, 0.15) is 11.5 Å². The fourth-order valence-electron chi connectivity index (χ4n) is 3.06. The minimum absolute atomic E-state index is 0.235. The second-order valence-corrected chi connectivity index (χ2v) is 8.44. The molecule has 0 saturated carbocycles. The summed E-state index contributed by atoms with van der Waals surface area (Å²) in [5.41, 5.74) is 5.22. The van der Waals surface area contributed by atoms with E-state index < -0.39 is 16.7 Å². The lowest BCUT2D eigenvalue weighted by atomic mass is 10.0. The van der Waals surface area contributed by atoms with Crippen LogP contribution in [0.5, 0.6) is 0 Å². The number of carbonyl (C=O) groups is 2. The maximum Gasteiger partial charge on any atom is 0.237 e. The molecule has 0 saturated heterocycles. The lowest BCUT2D eigenvalue weighted by Gasteiger charge is -2.12. The summed E-state index contributed by atoms with van der Waals surface area (Å²) in [6.45, 7) is 3.88. The van der Waals surface area contributed by atoms with Gasteiger partial charge in [0.2, 0.25) is 11.8 Å². The molecule has 2 amide bonds. The summed E-state index contributed by atoms with van der Waals surface area (Å²) in [7, 11) is -1.61. The van der Waals surface area contributed by atoms with Crippen LogP contribution in [0.15, 0.2) is 72.8 Å². The number of aryl methyl sites for hydroxylation is 1. The van der Waals surface area contributed by atoms with Crippen molar-refractivity contribution in [2.75, 3.05) is 22.1 Å².